The van der Waals surface area contributed by atoms with E-state index in [1.807, 2.05) is 60.7 Å². The highest BCUT2D eigenvalue weighted by atomic mass is 79.9. The average molecular weight is 644 g/mol. The number of amides is 2. The van der Waals surface area contributed by atoms with E-state index >= 15 is 0 Å². The summed E-state index contributed by atoms with van der Waals surface area (Å²) in [6, 6.07) is 21.5. The molecule has 3 aromatic carbocycles. The third kappa shape index (κ3) is 7.66. The molecule has 0 heterocycles. The molecular weight excluding hydrogens is 612 g/mol. The molecule has 3 aromatic rings. The lowest BCUT2D eigenvalue weighted by Crippen LogP contribution is -2.52. The molecule has 0 aliphatic carbocycles. The van der Waals surface area contributed by atoms with Crippen molar-refractivity contribution in [3.63, 3.8) is 0 Å². The van der Waals surface area contributed by atoms with Crippen LogP contribution in [0, 0.1) is 5.41 Å². The molecule has 0 spiro atoms. The van der Waals surface area contributed by atoms with Crippen LogP contribution in [-0.4, -0.2) is 35.3 Å². The molecule has 1 unspecified atom stereocenters. The maximum absolute atomic E-state index is 13.8. The average Bonchev–Trinajstić information content (AvgIpc) is 2.90. The summed E-state index contributed by atoms with van der Waals surface area (Å²) in [5.41, 5.74) is 20.4. The van der Waals surface area contributed by atoms with Crippen LogP contribution in [0.3, 0.4) is 0 Å². The molecule has 1 atom stereocenters. The van der Waals surface area contributed by atoms with Crippen molar-refractivity contribution in [2.45, 2.75) is 37.8 Å². The van der Waals surface area contributed by atoms with E-state index in [0.29, 0.717) is 46.0 Å². The van der Waals surface area contributed by atoms with Crippen LogP contribution in [0.2, 0.25) is 0 Å². The predicted molar refractivity (Wildman–Crippen MR) is 158 cm³/mol. The number of unbranched alkanes of at least 4 members (excludes halogenated alkanes) is 1. The van der Waals surface area contributed by atoms with E-state index in [9.17, 15) is 9.59 Å². The van der Waals surface area contributed by atoms with Crippen LogP contribution in [0.15, 0.2) is 81.7 Å². The highest BCUT2D eigenvalue weighted by Crippen LogP contribution is 2.30. The van der Waals surface area contributed by atoms with Crippen LogP contribution < -0.4 is 22.5 Å². The summed E-state index contributed by atoms with van der Waals surface area (Å²) in [4.78, 5) is 28.7. The van der Waals surface area contributed by atoms with Gasteiger partial charge in [-0.25, -0.2) is 0 Å². The van der Waals surface area contributed by atoms with Crippen LogP contribution in [0.1, 0.15) is 41.9 Å². The fourth-order valence-electron chi connectivity index (χ4n) is 4.17. The van der Waals surface area contributed by atoms with Crippen molar-refractivity contribution in [1.29, 1.82) is 5.41 Å². The van der Waals surface area contributed by atoms with Crippen LogP contribution in [-0.2, 0) is 16.1 Å². The van der Waals surface area contributed by atoms with Crippen LogP contribution >= 0.6 is 31.9 Å². The fraction of sp³-hybridized carbons (Fsp3) is 0.250. The lowest BCUT2D eigenvalue weighted by molar-refractivity contribution is -0.134. The summed E-state index contributed by atoms with van der Waals surface area (Å²) in [6.45, 7) is 0.505. The molecule has 8 nitrogen and oxygen atoms in total. The minimum Gasteiger partial charge on any atom is -0.397 e. The number of nitrogens with zero attached hydrogens (tertiary/aromatic N) is 1. The van der Waals surface area contributed by atoms with Gasteiger partial charge in [-0.1, -0.05) is 60.7 Å². The highest BCUT2D eigenvalue weighted by molar-refractivity contribution is 9.11. The van der Waals surface area contributed by atoms with Gasteiger partial charge in [-0.15, -0.1) is 0 Å². The van der Waals surface area contributed by atoms with Crippen molar-refractivity contribution in [2.24, 2.45) is 11.5 Å². The maximum Gasteiger partial charge on any atom is 0.252 e. The number of nitrogen functional groups attached to an aromatic ring is 1. The Labute approximate surface area is 239 Å². The Kier molecular flexibility index (Phi) is 10.9. The summed E-state index contributed by atoms with van der Waals surface area (Å²) in [7, 11) is 0. The number of guanidine groups is 1. The molecule has 0 aliphatic rings. The first kappa shape index (κ1) is 29.3. The number of hydrogen-bond donors (Lipinski definition) is 5. The summed E-state index contributed by atoms with van der Waals surface area (Å²) in [5, 5.41) is 11.1. The Bertz CT molecular complexity index is 1190. The zero-order chi connectivity index (χ0) is 27.7. The monoisotopic (exact) mass is 642 g/mol. The van der Waals surface area contributed by atoms with Crippen molar-refractivity contribution in [1.82, 2.24) is 10.2 Å². The predicted octanol–water partition coefficient (Wildman–Crippen LogP) is 4.46. The fourth-order valence-corrected chi connectivity index (χ4v) is 5.45. The van der Waals surface area contributed by atoms with E-state index in [-0.39, 0.29) is 12.5 Å². The Balaban J connectivity index is 1.91. The topological polar surface area (TPSA) is 151 Å². The Hall–Kier alpha value is -3.21. The second-order valence-corrected chi connectivity index (χ2v) is 10.6. The van der Waals surface area contributed by atoms with Gasteiger partial charge in [0.15, 0.2) is 5.96 Å². The molecule has 8 N–H and O–H groups in total. The van der Waals surface area contributed by atoms with Crippen LogP contribution in [0.5, 0.6) is 0 Å². The largest absolute Gasteiger partial charge is 0.397 e. The van der Waals surface area contributed by atoms with E-state index in [1.165, 1.54) is 0 Å². The number of carbonyl (C=O) groups is 2. The van der Waals surface area contributed by atoms with Gasteiger partial charge >= 0.3 is 0 Å². The zero-order valence-corrected chi connectivity index (χ0v) is 24.0. The van der Waals surface area contributed by atoms with Gasteiger partial charge in [0.1, 0.15) is 6.04 Å². The van der Waals surface area contributed by atoms with Gasteiger partial charge in [0.2, 0.25) is 5.91 Å². The molecule has 0 radical (unpaired) electrons. The van der Waals surface area contributed by atoms with Crippen molar-refractivity contribution >= 4 is 55.3 Å². The smallest absolute Gasteiger partial charge is 0.252 e. The van der Waals surface area contributed by atoms with Crippen molar-refractivity contribution in [2.75, 3.05) is 12.3 Å². The summed E-state index contributed by atoms with van der Waals surface area (Å²) >= 11 is 6.83. The minimum atomic E-state index is -0.895. The molecule has 0 fully saturated rings. The van der Waals surface area contributed by atoms with Gasteiger partial charge in [0.25, 0.3) is 5.91 Å². The first-order valence-electron chi connectivity index (χ1n) is 12.2. The van der Waals surface area contributed by atoms with Gasteiger partial charge in [-0.3, -0.25) is 19.9 Å². The molecule has 10 heteroatoms. The summed E-state index contributed by atoms with van der Waals surface area (Å²) in [5.74, 6) is -1.81. The van der Waals surface area contributed by atoms with Gasteiger partial charge in [0, 0.05) is 8.95 Å². The normalized spacial score (nSPS) is 11.7. The van der Waals surface area contributed by atoms with E-state index in [2.05, 4.69) is 37.2 Å². The molecule has 0 saturated carbocycles. The molecule has 0 saturated heterocycles. The Morgan fingerprint density at radius 3 is 1.92 bits per heavy atom. The number of carbonyl (C=O) groups excluding carboxylic acids is 2. The molecule has 200 valence electrons. The van der Waals surface area contributed by atoms with E-state index in [0.717, 1.165) is 16.0 Å². The van der Waals surface area contributed by atoms with Crippen molar-refractivity contribution in [3.05, 3.63) is 98.4 Å². The molecular formula is C28H32Br2N6O2. The molecule has 2 amide bonds. The second kappa shape index (κ2) is 14.1. The van der Waals surface area contributed by atoms with E-state index in [4.69, 9.17) is 22.6 Å². The van der Waals surface area contributed by atoms with Gasteiger partial charge < -0.3 is 22.5 Å². The van der Waals surface area contributed by atoms with Gasteiger partial charge in [-0.2, -0.15) is 0 Å². The lowest BCUT2D eigenvalue weighted by Gasteiger charge is -2.28. The quantitative estimate of drug-likeness (QED) is 0.0904. The molecule has 0 aromatic heterocycles. The number of hydrogen-bond acceptors (Lipinski definition) is 5. The number of benzene rings is 3. The van der Waals surface area contributed by atoms with E-state index < -0.39 is 23.8 Å². The SMILES string of the molecule is N=C(N)N(Cc1cc(Br)c(N)c(Br)c1)C(=O)C(CCCCN)NC(=O)C(c1ccccc1)c1ccccc1. The first-order chi connectivity index (χ1) is 18.2. The summed E-state index contributed by atoms with van der Waals surface area (Å²) in [6.07, 6.45) is 1.68. The third-order valence-corrected chi connectivity index (χ3v) is 7.44. The number of rotatable bonds is 11. The number of nitrogens with one attached hydrogen (secondary N) is 2. The zero-order valence-electron chi connectivity index (χ0n) is 20.9. The second-order valence-electron chi connectivity index (χ2n) is 8.88. The molecule has 0 bridgehead atoms. The Morgan fingerprint density at radius 2 is 1.45 bits per heavy atom. The van der Waals surface area contributed by atoms with Crippen LogP contribution in [0.4, 0.5) is 5.69 Å². The lowest BCUT2D eigenvalue weighted by atomic mass is 9.90. The Morgan fingerprint density at radius 1 is 0.921 bits per heavy atom. The first-order valence-corrected chi connectivity index (χ1v) is 13.8. The van der Waals surface area contributed by atoms with E-state index in [1.54, 1.807) is 12.1 Å². The summed E-state index contributed by atoms with van der Waals surface area (Å²) < 4.78 is 1.30. The molecule has 38 heavy (non-hydrogen) atoms. The number of halogens is 2. The maximum atomic E-state index is 13.8. The van der Waals surface area contributed by atoms with Gasteiger partial charge in [0.05, 0.1) is 18.2 Å². The molecule has 3 rings (SSSR count). The minimum absolute atomic E-state index is 0.0374. The third-order valence-electron chi connectivity index (χ3n) is 6.13. The van der Waals surface area contributed by atoms with Gasteiger partial charge in [-0.05, 0) is 86.5 Å². The van der Waals surface area contributed by atoms with Crippen molar-refractivity contribution in [3.8, 4) is 0 Å². The number of anilines is 1. The number of nitrogens with two attached hydrogens (primary N) is 3. The van der Waals surface area contributed by atoms with Crippen molar-refractivity contribution < 1.29 is 9.59 Å². The standard InChI is InChI=1S/C28H32Br2N6O2/c29-21-15-18(16-22(30)25(21)32)17-36(28(33)34)27(38)23(13-7-8-14-31)35-26(37)24(19-9-3-1-4-10-19)20-11-5-2-6-12-20/h1-6,9-12,15-16,23-24H,7-8,13-14,17,31-32H2,(H3,33,34)(H,35,37). The highest BCUT2D eigenvalue weighted by Gasteiger charge is 2.31. The van der Waals surface area contributed by atoms with Crippen LogP contribution in [0.25, 0.3) is 0 Å². The molecule has 0 aliphatic heterocycles.